The lowest BCUT2D eigenvalue weighted by Crippen LogP contribution is -2.60. The van der Waals surface area contributed by atoms with Crippen LogP contribution in [0, 0.1) is 0 Å². The van der Waals surface area contributed by atoms with Gasteiger partial charge in [0.1, 0.15) is 48.3 Å². The number of carboxylic acid groups (broad SMARTS) is 1. The first-order valence-corrected chi connectivity index (χ1v) is 30.6. The SMILES string of the molecule is NCCCC[C@H](NC(=O)[C@H](N)CCCN=C(N)N)C(=O)N[C@@H](CCCCN)C(=O)N[C@@H](CCCN=C(N)N)C(=O)N[C@H](CCCN=C(N)N)C(=O)N[C@@H](CCC(N)=O)C(=O)N[C@@H](CCCN=C(N)N)C(=O)N[C@@H](CCCCN)C(=O)N[C@H](CCCN=C(N)N)C(=O)O. The Morgan fingerprint density at radius 3 is 0.717 bits per heavy atom. The zero-order valence-corrected chi connectivity index (χ0v) is 52.6. The molecule has 0 heterocycles. The molecule has 39 heteroatoms. The molecular formula is C53H106N28O11. The summed E-state index contributed by atoms with van der Waals surface area (Å²) in [6.07, 6.45) is 1.64. The van der Waals surface area contributed by atoms with Gasteiger partial charge in [0.15, 0.2) is 29.8 Å². The molecule has 0 bridgehead atoms. The minimum Gasteiger partial charge on any atom is -0.480 e. The van der Waals surface area contributed by atoms with Crippen LogP contribution in [0.3, 0.4) is 0 Å². The van der Waals surface area contributed by atoms with Gasteiger partial charge in [-0.15, -0.1) is 0 Å². The summed E-state index contributed by atoms with van der Waals surface area (Å²) < 4.78 is 0. The molecule has 0 aromatic carbocycles. The first-order valence-electron chi connectivity index (χ1n) is 30.6. The number of unbranched alkanes of at least 4 members (excludes halogenated alkanes) is 3. The lowest BCUT2D eigenvalue weighted by atomic mass is 10.0. The van der Waals surface area contributed by atoms with Crippen molar-refractivity contribution in [2.75, 3.05) is 52.4 Å². The molecule has 0 aliphatic rings. The Bertz CT molecular complexity index is 2450. The fraction of sp³-hybridized carbons (Fsp3) is 0.717. The van der Waals surface area contributed by atoms with Gasteiger partial charge in [-0.3, -0.25) is 68.1 Å². The third kappa shape index (κ3) is 39.8. The number of guanidine groups is 5. The third-order valence-corrected chi connectivity index (χ3v) is 13.7. The van der Waals surface area contributed by atoms with E-state index in [4.69, 9.17) is 86.0 Å². The van der Waals surface area contributed by atoms with E-state index >= 15 is 0 Å². The van der Waals surface area contributed by atoms with Crippen molar-refractivity contribution in [3.8, 4) is 0 Å². The van der Waals surface area contributed by atoms with Crippen molar-refractivity contribution in [1.82, 2.24) is 42.5 Å². The first-order chi connectivity index (χ1) is 43.6. The number of nitrogens with one attached hydrogen (secondary N) is 8. The zero-order valence-electron chi connectivity index (χ0n) is 52.6. The molecule has 9 atom stereocenters. The summed E-state index contributed by atoms with van der Waals surface area (Å²) in [7, 11) is 0. The van der Waals surface area contributed by atoms with E-state index in [1.54, 1.807) is 0 Å². The van der Waals surface area contributed by atoms with Gasteiger partial charge < -0.3 is 134 Å². The van der Waals surface area contributed by atoms with E-state index in [9.17, 15) is 53.1 Å². The van der Waals surface area contributed by atoms with Crippen LogP contribution in [0.5, 0.6) is 0 Å². The highest BCUT2D eigenvalue weighted by molar-refractivity contribution is 5.98. The molecule has 0 saturated heterocycles. The van der Waals surface area contributed by atoms with Crippen LogP contribution >= 0.6 is 0 Å². The summed E-state index contributed by atoms with van der Waals surface area (Å²) >= 11 is 0. The summed E-state index contributed by atoms with van der Waals surface area (Å²) in [6, 6.07) is -12.6. The van der Waals surface area contributed by atoms with Gasteiger partial charge in [-0.2, -0.15) is 0 Å². The Kier molecular flexibility index (Phi) is 43.9. The molecule has 0 saturated carbocycles. The molecule has 0 radical (unpaired) electrons. The second-order valence-corrected chi connectivity index (χ2v) is 21.5. The number of nitrogens with two attached hydrogens (primary N) is 15. The van der Waals surface area contributed by atoms with Crippen molar-refractivity contribution in [1.29, 1.82) is 0 Å². The number of nitrogens with zero attached hydrogens (tertiary/aromatic N) is 5. The van der Waals surface area contributed by atoms with E-state index in [1.165, 1.54) is 0 Å². The molecule has 0 fully saturated rings. The van der Waals surface area contributed by atoms with Crippen LogP contribution < -0.4 is 129 Å². The Morgan fingerprint density at radius 2 is 0.489 bits per heavy atom. The predicted octanol–water partition coefficient (Wildman–Crippen LogP) is -9.80. The van der Waals surface area contributed by atoms with Crippen LogP contribution in [0.1, 0.15) is 135 Å². The highest BCUT2D eigenvalue weighted by atomic mass is 16.4. The van der Waals surface area contributed by atoms with E-state index in [-0.39, 0.29) is 159 Å². The van der Waals surface area contributed by atoms with Crippen LogP contribution in [0.15, 0.2) is 25.0 Å². The monoisotopic (exact) mass is 1310 g/mol. The van der Waals surface area contributed by atoms with Gasteiger partial charge in [-0.05, 0) is 148 Å². The summed E-state index contributed by atoms with van der Waals surface area (Å²) in [5, 5.41) is 30.7. The second-order valence-electron chi connectivity index (χ2n) is 21.5. The van der Waals surface area contributed by atoms with Crippen molar-refractivity contribution in [3.63, 3.8) is 0 Å². The van der Waals surface area contributed by atoms with Crippen molar-refractivity contribution < 1.29 is 53.1 Å². The maximum Gasteiger partial charge on any atom is 0.326 e. The molecule has 0 aromatic rings. The van der Waals surface area contributed by atoms with E-state index in [0.717, 1.165) is 0 Å². The molecule has 524 valence electrons. The number of primary amides is 1. The van der Waals surface area contributed by atoms with Gasteiger partial charge in [0.25, 0.3) is 0 Å². The minimum atomic E-state index is -1.66. The van der Waals surface area contributed by atoms with E-state index in [1.807, 2.05) is 0 Å². The van der Waals surface area contributed by atoms with Crippen LogP contribution in [0.4, 0.5) is 0 Å². The van der Waals surface area contributed by atoms with Gasteiger partial charge in [0.05, 0.1) is 6.04 Å². The number of amides is 9. The lowest BCUT2D eigenvalue weighted by Gasteiger charge is -2.28. The van der Waals surface area contributed by atoms with Crippen molar-refractivity contribution in [3.05, 3.63) is 0 Å². The zero-order chi connectivity index (χ0) is 69.6. The molecule has 0 aromatic heterocycles. The molecule has 92 heavy (non-hydrogen) atoms. The molecule has 39 N–H and O–H groups in total. The maximum absolute atomic E-state index is 14.6. The predicted molar refractivity (Wildman–Crippen MR) is 348 cm³/mol. The molecule has 39 nitrogen and oxygen atoms in total. The van der Waals surface area contributed by atoms with Crippen LogP contribution in [-0.2, 0) is 47.9 Å². The Morgan fingerprint density at radius 1 is 0.283 bits per heavy atom. The van der Waals surface area contributed by atoms with E-state index < -0.39 is 126 Å². The Balaban J connectivity index is 7.38. The third-order valence-electron chi connectivity index (χ3n) is 13.7. The number of aliphatic imine (C=N–C) groups is 5. The minimum absolute atomic E-state index is 0.00974. The van der Waals surface area contributed by atoms with Gasteiger partial charge in [-0.1, -0.05) is 0 Å². The summed E-state index contributed by atoms with van der Waals surface area (Å²) in [5.74, 6) is -10.5. The number of carbonyl (C=O) groups excluding carboxylic acids is 9. The van der Waals surface area contributed by atoms with Gasteiger partial charge in [-0.25, -0.2) is 4.79 Å². The first kappa shape index (κ1) is 82.9. The van der Waals surface area contributed by atoms with Crippen LogP contribution in [0.25, 0.3) is 0 Å². The molecule has 0 aliphatic heterocycles. The topological polar surface area (TPSA) is 739 Å². The van der Waals surface area contributed by atoms with E-state index in [2.05, 4.69) is 67.5 Å². The summed E-state index contributed by atoms with van der Waals surface area (Å²) in [4.78, 5) is 158. The average molecular weight is 1310 g/mol. The van der Waals surface area contributed by atoms with E-state index in [0.29, 0.717) is 44.9 Å². The van der Waals surface area contributed by atoms with Crippen LogP contribution in [0.2, 0.25) is 0 Å². The number of carbonyl (C=O) groups is 10. The molecule has 0 unspecified atom stereocenters. The van der Waals surface area contributed by atoms with Crippen molar-refractivity contribution in [2.45, 2.75) is 189 Å². The molecular weight excluding hydrogens is 1200 g/mol. The molecule has 0 rings (SSSR count). The maximum atomic E-state index is 14.6. The second kappa shape index (κ2) is 48.7. The molecule has 9 amide bonds. The van der Waals surface area contributed by atoms with Crippen molar-refractivity contribution >= 4 is 88.9 Å². The summed E-state index contributed by atoms with van der Waals surface area (Å²) in [6.45, 7) is 0.863. The highest BCUT2D eigenvalue weighted by Crippen LogP contribution is 2.12. The van der Waals surface area contributed by atoms with Gasteiger partial charge in [0.2, 0.25) is 53.2 Å². The van der Waals surface area contributed by atoms with Gasteiger partial charge in [0, 0.05) is 39.1 Å². The van der Waals surface area contributed by atoms with Crippen LogP contribution in [-0.4, -0.2) is 201 Å². The Labute approximate surface area is 535 Å². The summed E-state index contributed by atoms with van der Waals surface area (Å²) in [5.41, 5.74) is 83.8. The Hall–Kier alpha value is -9.11. The molecule has 0 spiro atoms. The fourth-order valence-electron chi connectivity index (χ4n) is 8.75. The number of rotatable bonds is 52. The quantitative estimate of drug-likeness (QED) is 0.0153. The number of hydrogen-bond donors (Lipinski definition) is 24. The number of aliphatic carboxylic acids is 1. The number of carboxylic acids is 1. The fourth-order valence-corrected chi connectivity index (χ4v) is 8.75. The largest absolute Gasteiger partial charge is 0.480 e. The lowest BCUT2D eigenvalue weighted by molar-refractivity contribution is -0.142. The standard InChI is InChI=1S/C53H106N28O11/c54-22-4-1-13-31(74-40(83)30(57)12-7-25-69-49(59)60)41(84)75-32(14-2-5-23-55)42(85)77-34(16-8-26-70-50(61)62)44(87)78-36(18-10-28-72-52(65)66)45(88)80-37(20-21-39(58)82)47(90)79-35(17-9-27-71-51(63)64)43(86)76-33(15-3-6-24-56)46(89)81-38(48(91)92)19-11-29-73-53(67)68/h30-38H,1-29,54-57H2,(H2,58,82)(H,74,83)(H,75,84)(H,76,86)(H,77,85)(H,78,87)(H,79,90)(H,80,88)(H,81,89)(H,91,92)(H4,59,60,69)(H4,61,62,70)(H4,63,64,71)(H4,65,66,72)(H4,67,68,73)/t30-,31+,32+,33+,34+,35+,36-,37+,38-/m1/s1. The highest BCUT2D eigenvalue weighted by Gasteiger charge is 2.35. The smallest absolute Gasteiger partial charge is 0.326 e. The number of hydrogen-bond acceptors (Lipinski definition) is 19. The normalized spacial score (nSPS) is 13.7. The van der Waals surface area contributed by atoms with Crippen molar-refractivity contribution in [2.24, 2.45) is 111 Å². The molecule has 0 aliphatic carbocycles. The average Bonchev–Trinajstić information content (AvgIpc) is 1.42. The van der Waals surface area contributed by atoms with Gasteiger partial charge >= 0.3 is 5.97 Å².